The van der Waals surface area contributed by atoms with Gasteiger partial charge in [0.25, 0.3) is 0 Å². The third-order valence-electron chi connectivity index (χ3n) is 4.41. The van der Waals surface area contributed by atoms with Gasteiger partial charge < -0.3 is 14.4 Å². The van der Waals surface area contributed by atoms with E-state index in [1.807, 2.05) is 23.1 Å². The molecule has 0 aliphatic carbocycles. The number of nitrogens with zero attached hydrogens (tertiary/aromatic N) is 1. The maximum atomic E-state index is 12.7. The van der Waals surface area contributed by atoms with Crippen molar-refractivity contribution in [3.8, 4) is 11.5 Å². The number of hydrogen-bond donors (Lipinski definition) is 0. The number of likely N-dealkylation sites (tertiary alicyclic amines) is 1. The molecule has 4 rings (SSSR count). The number of hydrogen-bond acceptors (Lipinski definition) is 4. The van der Waals surface area contributed by atoms with E-state index in [2.05, 4.69) is 17.5 Å². The van der Waals surface area contributed by atoms with Gasteiger partial charge in [0, 0.05) is 11.4 Å². The van der Waals surface area contributed by atoms with Crippen LogP contribution in [0.1, 0.15) is 29.3 Å². The molecule has 3 heterocycles. The molecule has 2 aliphatic rings. The van der Waals surface area contributed by atoms with E-state index in [4.69, 9.17) is 9.47 Å². The largest absolute Gasteiger partial charge is 0.486 e. The molecule has 0 unspecified atom stereocenters. The molecule has 1 fully saturated rings. The topological polar surface area (TPSA) is 38.8 Å². The molecule has 1 aromatic carbocycles. The number of rotatable bonds is 3. The van der Waals surface area contributed by atoms with Crippen LogP contribution in [0.5, 0.6) is 11.5 Å². The number of carbonyl (C=O) groups excluding carboxylic acids is 1. The fraction of sp³-hybridized carbons (Fsp3) is 0.389. The Balaban J connectivity index is 1.49. The lowest BCUT2D eigenvalue weighted by Gasteiger charge is -2.24. The first kappa shape index (κ1) is 14.6. The minimum absolute atomic E-state index is 0.192. The van der Waals surface area contributed by atoms with Crippen molar-refractivity contribution < 1.29 is 14.3 Å². The minimum atomic E-state index is 0.192. The molecule has 4 nitrogen and oxygen atoms in total. The maximum absolute atomic E-state index is 12.7. The van der Waals surface area contributed by atoms with Crippen LogP contribution in [0, 0.1) is 0 Å². The highest BCUT2D eigenvalue weighted by Crippen LogP contribution is 2.35. The Bertz CT molecular complexity index is 698. The summed E-state index contributed by atoms with van der Waals surface area (Å²) in [6.07, 6.45) is 2.56. The first-order valence-corrected chi connectivity index (χ1v) is 8.90. The molecule has 2 aromatic rings. The van der Waals surface area contributed by atoms with Gasteiger partial charge in [-0.15, -0.1) is 11.3 Å². The highest BCUT2D eigenvalue weighted by atomic mass is 32.1. The summed E-state index contributed by atoms with van der Waals surface area (Å²) in [6, 6.07) is 10.2. The van der Waals surface area contributed by atoms with Crippen LogP contribution in [0.2, 0.25) is 0 Å². The molecule has 1 aromatic heterocycles. The molecule has 0 N–H and O–H groups in total. The first-order valence-electron chi connectivity index (χ1n) is 8.02. The summed E-state index contributed by atoms with van der Waals surface area (Å²) in [6.45, 7) is 2.00. The normalized spacial score (nSPS) is 19.8. The maximum Gasteiger partial charge on any atom is 0.227 e. The second-order valence-corrected chi connectivity index (χ2v) is 6.89. The van der Waals surface area contributed by atoms with Crippen molar-refractivity contribution in [2.45, 2.75) is 25.3 Å². The highest BCUT2D eigenvalue weighted by Gasteiger charge is 2.30. The van der Waals surface area contributed by atoms with E-state index >= 15 is 0 Å². The van der Waals surface area contributed by atoms with Crippen LogP contribution in [0.25, 0.3) is 0 Å². The lowest BCUT2D eigenvalue weighted by Crippen LogP contribution is -2.31. The quantitative estimate of drug-likeness (QED) is 0.866. The summed E-state index contributed by atoms with van der Waals surface area (Å²) < 4.78 is 11.1. The number of carbonyl (C=O) groups is 1. The zero-order chi connectivity index (χ0) is 15.6. The Hall–Kier alpha value is -2.01. The highest BCUT2D eigenvalue weighted by molar-refractivity contribution is 7.10. The van der Waals surface area contributed by atoms with Crippen molar-refractivity contribution in [3.63, 3.8) is 0 Å². The van der Waals surface area contributed by atoms with E-state index in [-0.39, 0.29) is 11.9 Å². The number of fused-ring (bicyclic) bond motifs is 1. The first-order chi connectivity index (χ1) is 11.3. The van der Waals surface area contributed by atoms with E-state index in [1.165, 1.54) is 4.88 Å². The molecule has 0 spiro atoms. The van der Waals surface area contributed by atoms with Gasteiger partial charge in [-0.25, -0.2) is 0 Å². The fourth-order valence-corrected chi connectivity index (χ4v) is 4.19. The Labute approximate surface area is 139 Å². The molecule has 5 heteroatoms. The van der Waals surface area contributed by atoms with Crippen molar-refractivity contribution in [2.24, 2.45) is 0 Å². The molecule has 0 bridgehead atoms. The summed E-state index contributed by atoms with van der Waals surface area (Å²) >= 11 is 1.74. The average molecular weight is 329 g/mol. The molecule has 0 radical (unpaired) electrons. The van der Waals surface area contributed by atoms with E-state index in [0.29, 0.717) is 19.6 Å². The van der Waals surface area contributed by atoms with Gasteiger partial charge in [-0.2, -0.15) is 0 Å². The Kier molecular flexibility index (Phi) is 3.95. The third kappa shape index (κ3) is 2.93. The Morgan fingerprint density at radius 2 is 2.09 bits per heavy atom. The molecule has 0 saturated carbocycles. The second kappa shape index (κ2) is 6.24. The molecular formula is C18H19NO3S. The van der Waals surface area contributed by atoms with Crippen molar-refractivity contribution in [3.05, 3.63) is 46.2 Å². The van der Waals surface area contributed by atoms with E-state index in [9.17, 15) is 4.79 Å². The van der Waals surface area contributed by atoms with Crippen molar-refractivity contribution in [1.29, 1.82) is 0 Å². The molecule has 2 aliphatic heterocycles. The summed E-state index contributed by atoms with van der Waals surface area (Å²) in [5.74, 6) is 1.71. The standard InChI is InChI=1S/C18H19NO3S/c20-18(19-7-1-3-14(19)17-4-2-10-23-17)12-13-5-6-15-16(11-13)22-9-8-21-15/h2,4-6,10-11,14H,1,3,7-9,12H2/t14-/m0/s1. The van der Waals surface area contributed by atoms with Gasteiger partial charge in [-0.3, -0.25) is 4.79 Å². The monoisotopic (exact) mass is 329 g/mol. The zero-order valence-corrected chi connectivity index (χ0v) is 13.7. The van der Waals surface area contributed by atoms with Gasteiger partial charge in [-0.05, 0) is 42.0 Å². The Morgan fingerprint density at radius 3 is 2.91 bits per heavy atom. The Morgan fingerprint density at radius 1 is 1.22 bits per heavy atom. The molecule has 1 atom stereocenters. The summed E-state index contributed by atoms with van der Waals surface area (Å²) in [5.41, 5.74) is 0.982. The van der Waals surface area contributed by atoms with Crippen LogP contribution < -0.4 is 9.47 Å². The van der Waals surface area contributed by atoms with E-state index in [0.717, 1.165) is 36.4 Å². The van der Waals surface area contributed by atoms with E-state index < -0.39 is 0 Å². The molecular weight excluding hydrogens is 310 g/mol. The minimum Gasteiger partial charge on any atom is -0.486 e. The van der Waals surface area contributed by atoms with Crippen LogP contribution in [-0.4, -0.2) is 30.6 Å². The smallest absolute Gasteiger partial charge is 0.227 e. The van der Waals surface area contributed by atoms with Crippen LogP contribution >= 0.6 is 11.3 Å². The SMILES string of the molecule is O=C(Cc1ccc2c(c1)OCCO2)N1CCC[C@H]1c1cccs1. The number of ether oxygens (including phenoxy) is 2. The van der Waals surface area contributed by atoms with Crippen LogP contribution in [0.3, 0.4) is 0 Å². The van der Waals surface area contributed by atoms with Gasteiger partial charge in [0.05, 0.1) is 12.5 Å². The lowest BCUT2D eigenvalue weighted by atomic mass is 10.1. The summed E-state index contributed by atoms with van der Waals surface area (Å²) in [5, 5.41) is 2.08. The number of benzene rings is 1. The van der Waals surface area contributed by atoms with Gasteiger partial charge in [-0.1, -0.05) is 12.1 Å². The molecule has 1 amide bonds. The lowest BCUT2D eigenvalue weighted by molar-refractivity contribution is -0.131. The number of amides is 1. The van der Waals surface area contributed by atoms with Gasteiger partial charge in [0.15, 0.2) is 11.5 Å². The van der Waals surface area contributed by atoms with Gasteiger partial charge in [0.1, 0.15) is 13.2 Å². The van der Waals surface area contributed by atoms with Gasteiger partial charge >= 0.3 is 0 Å². The predicted octanol–water partition coefficient (Wildman–Crippen LogP) is 3.43. The summed E-state index contributed by atoms with van der Waals surface area (Å²) in [7, 11) is 0. The van der Waals surface area contributed by atoms with Crippen molar-refractivity contribution in [1.82, 2.24) is 4.90 Å². The van der Waals surface area contributed by atoms with Gasteiger partial charge in [0.2, 0.25) is 5.91 Å². The zero-order valence-electron chi connectivity index (χ0n) is 12.9. The van der Waals surface area contributed by atoms with Crippen LogP contribution in [0.4, 0.5) is 0 Å². The number of thiophene rings is 1. The molecule has 1 saturated heterocycles. The predicted molar refractivity (Wildman–Crippen MR) is 89.1 cm³/mol. The second-order valence-electron chi connectivity index (χ2n) is 5.92. The summed E-state index contributed by atoms with van der Waals surface area (Å²) in [4.78, 5) is 16.1. The molecule has 120 valence electrons. The third-order valence-corrected chi connectivity index (χ3v) is 5.38. The van der Waals surface area contributed by atoms with Crippen LogP contribution in [-0.2, 0) is 11.2 Å². The van der Waals surface area contributed by atoms with E-state index in [1.54, 1.807) is 11.3 Å². The molecule has 23 heavy (non-hydrogen) atoms. The van der Waals surface area contributed by atoms with Crippen molar-refractivity contribution >= 4 is 17.2 Å². The fourth-order valence-electron chi connectivity index (χ4n) is 3.32. The van der Waals surface area contributed by atoms with Crippen molar-refractivity contribution in [2.75, 3.05) is 19.8 Å². The van der Waals surface area contributed by atoms with Crippen LogP contribution in [0.15, 0.2) is 35.7 Å². The average Bonchev–Trinajstić information content (AvgIpc) is 3.25.